The van der Waals surface area contributed by atoms with Crippen molar-refractivity contribution in [3.8, 4) is 11.5 Å². The molecule has 0 amide bonds. The molecule has 104 valence electrons. The van der Waals surface area contributed by atoms with Crippen molar-refractivity contribution < 1.29 is 9.53 Å². The third-order valence-electron chi connectivity index (χ3n) is 2.83. The normalized spacial score (nSPS) is 10.3. The molecule has 20 heavy (non-hydrogen) atoms. The Morgan fingerprint density at radius 1 is 1.10 bits per heavy atom. The van der Waals surface area contributed by atoms with Crippen LogP contribution in [0.5, 0.6) is 11.5 Å². The smallest absolute Gasteiger partial charge is 0.147 e. The zero-order valence-electron chi connectivity index (χ0n) is 11.0. The predicted molar refractivity (Wildman–Crippen MR) is 82.0 cm³/mol. The Balaban J connectivity index is 2.07. The van der Waals surface area contributed by atoms with Crippen LogP contribution in [-0.2, 0) is 11.2 Å². The lowest BCUT2D eigenvalue weighted by Crippen LogP contribution is -1.94. The first-order valence-electron chi connectivity index (χ1n) is 6.26. The van der Waals surface area contributed by atoms with Crippen LogP contribution in [0.25, 0.3) is 0 Å². The van der Waals surface area contributed by atoms with E-state index in [0.29, 0.717) is 28.0 Å². The van der Waals surface area contributed by atoms with Gasteiger partial charge in [0.15, 0.2) is 0 Å². The van der Waals surface area contributed by atoms with Crippen molar-refractivity contribution >= 4 is 29.0 Å². The van der Waals surface area contributed by atoms with Crippen LogP contribution in [0, 0.1) is 0 Å². The first kappa shape index (κ1) is 14.9. The molecule has 0 saturated heterocycles. The van der Waals surface area contributed by atoms with Gasteiger partial charge in [0.25, 0.3) is 0 Å². The molecular weight excluding hydrogens is 295 g/mol. The Kier molecular flexibility index (Phi) is 5.05. The second-order valence-corrected chi connectivity index (χ2v) is 5.29. The highest BCUT2D eigenvalue weighted by atomic mass is 35.5. The van der Waals surface area contributed by atoms with Crippen molar-refractivity contribution in [3.63, 3.8) is 0 Å². The van der Waals surface area contributed by atoms with Crippen molar-refractivity contribution in [1.82, 2.24) is 0 Å². The number of carbonyl (C=O) groups is 1. The Morgan fingerprint density at radius 2 is 1.80 bits per heavy atom. The maximum Gasteiger partial charge on any atom is 0.147 e. The summed E-state index contributed by atoms with van der Waals surface area (Å²) in [6.45, 7) is 1.60. The van der Waals surface area contributed by atoms with E-state index in [0.717, 1.165) is 12.0 Å². The molecule has 0 heterocycles. The Labute approximate surface area is 128 Å². The van der Waals surface area contributed by atoms with Crippen LogP contribution >= 0.6 is 23.2 Å². The van der Waals surface area contributed by atoms with E-state index in [1.165, 1.54) is 0 Å². The molecule has 0 N–H and O–H groups in total. The zero-order valence-corrected chi connectivity index (χ0v) is 12.5. The van der Waals surface area contributed by atoms with Crippen molar-refractivity contribution in [2.45, 2.75) is 19.8 Å². The van der Waals surface area contributed by atoms with Gasteiger partial charge in [-0.3, -0.25) is 0 Å². The fraction of sp³-hybridized carbons (Fsp3) is 0.188. The van der Waals surface area contributed by atoms with Gasteiger partial charge in [-0.25, -0.2) is 0 Å². The highest BCUT2D eigenvalue weighted by molar-refractivity contribution is 6.42. The molecule has 0 unspecified atom stereocenters. The van der Waals surface area contributed by atoms with Gasteiger partial charge in [-0.15, -0.1) is 0 Å². The maximum absolute atomic E-state index is 10.9. The summed E-state index contributed by atoms with van der Waals surface area (Å²) in [4.78, 5) is 10.9. The summed E-state index contributed by atoms with van der Waals surface area (Å²) in [5.41, 5.74) is 1.10. The SMILES string of the molecule is CC(=O)CCc1ccc(Oc2cccc(Cl)c2Cl)cc1. The summed E-state index contributed by atoms with van der Waals surface area (Å²) in [7, 11) is 0. The average molecular weight is 309 g/mol. The molecule has 0 fully saturated rings. The van der Waals surface area contributed by atoms with Crippen LogP contribution in [0.15, 0.2) is 42.5 Å². The van der Waals surface area contributed by atoms with Crippen LogP contribution < -0.4 is 4.74 Å². The highest BCUT2D eigenvalue weighted by Gasteiger charge is 2.06. The average Bonchev–Trinajstić information content (AvgIpc) is 2.43. The molecule has 0 aliphatic rings. The molecule has 0 aliphatic heterocycles. The first-order chi connectivity index (χ1) is 9.56. The molecule has 2 nitrogen and oxygen atoms in total. The molecule has 0 spiro atoms. The summed E-state index contributed by atoms with van der Waals surface area (Å²) in [5.74, 6) is 1.40. The molecule has 4 heteroatoms. The number of rotatable bonds is 5. The number of benzene rings is 2. The van der Waals surface area contributed by atoms with Gasteiger partial charge in [-0.1, -0.05) is 41.4 Å². The number of aryl methyl sites for hydroxylation is 1. The third kappa shape index (κ3) is 3.99. The second kappa shape index (κ2) is 6.78. The molecule has 0 bridgehead atoms. The van der Waals surface area contributed by atoms with Crippen LogP contribution in [0.1, 0.15) is 18.9 Å². The van der Waals surface area contributed by atoms with Gasteiger partial charge >= 0.3 is 0 Å². The second-order valence-electron chi connectivity index (χ2n) is 4.50. The van der Waals surface area contributed by atoms with E-state index >= 15 is 0 Å². The van der Waals surface area contributed by atoms with E-state index in [4.69, 9.17) is 27.9 Å². The Hall–Kier alpha value is -1.51. The minimum atomic E-state index is 0.191. The zero-order chi connectivity index (χ0) is 14.5. The molecular formula is C16H14Cl2O2. The fourth-order valence-electron chi connectivity index (χ4n) is 1.73. The minimum Gasteiger partial charge on any atom is -0.456 e. The largest absolute Gasteiger partial charge is 0.456 e. The standard InChI is InChI=1S/C16H14Cl2O2/c1-11(19)5-6-12-7-9-13(10-8-12)20-15-4-2-3-14(17)16(15)18/h2-4,7-10H,5-6H2,1H3. The van der Waals surface area contributed by atoms with E-state index in [1.54, 1.807) is 25.1 Å². The van der Waals surface area contributed by atoms with E-state index in [-0.39, 0.29) is 5.78 Å². The van der Waals surface area contributed by atoms with E-state index in [9.17, 15) is 4.79 Å². The van der Waals surface area contributed by atoms with Crippen LogP contribution in [0.3, 0.4) is 0 Å². The summed E-state index contributed by atoms with van der Waals surface area (Å²) < 4.78 is 5.69. The van der Waals surface area contributed by atoms with Crippen molar-refractivity contribution in [3.05, 3.63) is 58.1 Å². The van der Waals surface area contributed by atoms with E-state index < -0.39 is 0 Å². The van der Waals surface area contributed by atoms with Gasteiger partial charge in [-0.2, -0.15) is 0 Å². The van der Waals surface area contributed by atoms with Gasteiger partial charge < -0.3 is 9.53 Å². The van der Waals surface area contributed by atoms with Gasteiger partial charge in [0, 0.05) is 6.42 Å². The summed E-state index contributed by atoms with van der Waals surface area (Å²) in [6.07, 6.45) is 1.30. The van der Waals surface area contributed by atoms with Crippen molar-refractivity contribution in [2.24, 2.45) is 0 Å². The first-order valence-corrected chi connectivity index (χ1v) is 7.02. The topological polar surface area (TPSA) is 26.3 Å². The molecule has 0 atom stereocenters. The number of ether oxygens (including phenoxy) is 1. The number of hydrogen-bond donors (Lipinski definition) is 0. The monoisotopic (exact) mass is 308 g/mol. The molecule has 0 saturated carbocycles. The summed E-state index contributed by atoms with van der Waals surface area (Å²) in [5, 5.41) is 0.858. The van der Waals surface area contributed by atoms with E-state index in [2.05, 4.69) is 0 Å². The number of carbonyl (C=O) groups excluding carboxylic acids is 1. The maximum atomic E-state index is 10.9. The molecule has 2 aromatic carbocycles. The lowest BCUT2D eigenvalue weighted by molar-refractivity contribution is -0.116. The number of halogens is 2. The Bertz CT molecular complexity index is 606. The Morgan fingerprint density at radius 3 is 2.45 bits per heavy atom. The molecule has 0 aromatic heterocycles. The highest BCUT2D eigenvalue weighted by Crippen LogP contribution is 2.34. The van der Waals surface area contributed by atoms with Gasteiger partial charge in [0.05, 0.1) is 5.02 Å². The minimum absolute atomic E-state index is 0.191. The summed E-state index contributed by atoms with van der Waals surface area (Å²) in [6, 6.07) is 12.8. The van der Waals surface area contributed by atoms with Crippen LogP contribution in [0.2, 0.25) is 10.0 Å². The van der Waals surface area contributed by atoms with Crippen molar-refractivity contribution in [1.29, 1.82) is 0 Å². The number of hydrogen-bond acceptors (Lipinski definition) is 2. The number of ketones is 1. The van der Waals surface area contributed by atoms with Crippen LogP contribution in [0.4, 0.5) is 0 Å². The quantitative estimate of drug-likeness (QED) is 0.748. The van der Waals surface area contributed by atoms with Gasteiger partial charge in [0.1, 0.15) is 22.3 Å². The van der Waals surface area contributed by atoms with E-state index in [1.807, 2.05) is 24.3 Å². The lowest BCUT2D eigenvalue weighted by Gasteiger charge is -2.09. The van der Waals surface area contributed by atoms with Crippen LogP contribution in [-0.4, -0.2) is 5.78 Å². The fourth-order valence-corrected chi connectivity index (χ4v) is 2.06. The molecule has 0 aliphatic carbocycles. The number of Topliss-reactive ketones (excluding diaryl/α,β-unsaturated/α-hetero) is 1. The predicted octanol–water partition coefficient (Wildman–Crippen LogP) is 5.31. The van der Waals surface area contributed by atoms with Gasteiger partial charge in [-0.05, 0) is 43.2 Å². The van der Waals surface area contributed by atoms with Gasteiger partial charge in [0.2, 0.25) is 0 Å². The third-order valence-corrected chi connectivity index (χ3v) is 3.63. The molecule has 2 rings (SSSR count). The van der Waals surface area contributed by atoms with Crippen molar-refractivity contribution in [2.75, 3.05) is 0 Å². The molecule has 0 radical (unpaired) electrons. The molecule has 2 aromatic rings. The lowest BCUT2D eigenvalue weighted by atomic mass is 10.1. The summed E-state index contributed by atoms with van der Waals surface area (Å²) >= 11 is 12.0.